The van der Waals surface area contributed by atoms with Crippen LogP contribution in [0.3, 0.4) is 0 Å². The topological polar surface area (TPSA) is 143 Å². The van der Waals surface area contributed by atoms with E-state index < -0.39 is 39.7 Å². The van der Waals surface area contributed by atoms with Crippen LogP contribution >= 0.6 is 0 Å². The molecule has 1 fully saturated rings. The molecular weight excluding hydrogens is 591 g/mol. The standard InChI is InChI=1S/C31H33FN4O7S/c1-17-12-18(7-9-26(17)42-2)28(34-20-14-21-23(24(32)15-20)16-33-29(21)37)30(38)36-11-5-6-25(36)22-13-19(35-31(39)43-3)8-10-27(22)44(4,40)41/h7-10,12-15,25,28,34H,5-6,11,16H2,1-4H3,(H,33,37)(H,35,39)/t25-,28?/m1/s1. The van der Waals surface area contributed by atoms with Crippen molar-refractivity contribution in [2.75, 3.05) is 37.7 Å². The molecule has 0 aromatic heterocycles. The number of methoxy groups -OCH3 is 2. The van der Waals surface area contributed by atoms with Gasteiger partial charge in [-0.25, -0.2) is 17.6 Å². The lowest BCUT2D eigenvalue weighted by Gasteiger charge is -2.31. The summed E-state index contributed by atoms with van der Waals surface area (Å²) < 4.78 is 50.7. The summed E-state index contributed by atoms with van der Waals surface area (Å²) in [6, 6.07) is 10.7. The molecule has 0 spiro atoms. The summed E-state index contributed by atoms with van der Waals surface area (Å²) >= 11 is 0. The van der Waals surface area contributed by atoms with Gasteiger partial charge >= 0.3 is 6.09 Å². The Labute approximate surface area is 254 Å². The number of benzene rings is 3. The van der Waals surface area contributed by atoms with Crippen LogP contribution in [0.2, 0.25) is 0 Å². The Hall–Kier alpha value is -4.65. The molecule has 2 aliphatic heterocycles. The molecule has 3 aromatic rings. The van der Waals surface area contributed by atoms with Gasteiger partial charge in [0.1, 0.15) is 17.6 Å². The van der Waals surface area contributed by atoms with Gasteiger partial charge in [-0.05, 0) is 78.9 Å². The van der Waals surface area contributed by atoms with Gasteiger partial charge < -0.3 is 25.0 Å². The Morgan fingerprint density at radius 3 is 2.55 bits per heavy atom. The number of sulfone groups is 1. The Morgan fingerprint density at radius 2 is 1.86 bits per heavy atom. The first-order valence-electron chi connectivity index (χ1n) is 13.9. The van der Waals surface area contributed by atoms with Crippen LogP contribution in [0.1, 0.15) is 57.5 Å². The maximum atomic E-state index is 15.0. The Kier molecular flexibility index (Phi) is 8.51. The van der Waals surface area contributed by atoms with E-state index in [1.807, 2.05) is 6.92 Å². The number of amides is 3. The minimum Gasteiger partial charge on any atom is -0.496 e. The predicted molar refractivity (Wildman–Crippen MR) is 161 cm³/mol. The number of halogens is 1. The Bertz CT molecular complexity index is 1760. The van der Waals surface area contributed by atoms with E-state index in [1.165, 1.54) is 37.4 Å². The number of ether oxygens (including phenoxy) is 2. The number of hydrogen-bond acceptors (Lipinski definition) is 8. The molecule has 2 atom stereocenters. The third-order valence-corrected chi connectivity index (χ3v) is 9.08. The van der Waals surface area contributed by atoms with Crippen molar-refractivity contribution in [3.05, 3.63) is 82.2 Å². The molecular formula is C31H33FN4O7S. The van der Waals surface area contributed by atoms with E-state index in [-0.39, 0.29) is 34.2 Å². The molecule has 3 amide bonds. The molecule has 44 heavy (non-hydrogen) atoms. The van der Waals surface area contributed by atoms with Gasteiger partial charge in [0, 0.05) is 41.8 Å². The van der Waals surface area contributed by atoms with Crippen molar-refractivity contribution in [2.24, 2.45) is 0 Å². The highest BCUT2D eigenvalue weighted by Gasteiger charge is 2.37. The number of anilines is 2. The number of fused-ring (bicyclic) bond motifs is 1. The Morgan fingerprint density at radius 1 is 1.09 bits per heavy atom. The second-order valence-electron chi connectivity index (χ2n) is 10.8. The van der Waals surface area contributed by atoms with E-state index in [1.54, 1.807) is 30.2 Å². The molecule has 0 aliphatic carbocycles. The molecule has 0 bridgehead atoms. The number of nitrogens with zero attached hydrogens (tertiary/aromatic N) is 1. The number of nitrogens with one attached hydrogen (secondary N) is 3. The van der Waals surface area contributed by atoms with E-state index in [2.05, 4.69) is 20.7 Å². The molecule has 13 heteroatoms. The summed E-state index contributed by atoms with van der Waals surface area (Å²) in [6.07, 6.45) is 1.43. The van der Waals surface area contributed by atoms with E-state index >= 15 is 0 Å². The van der Waals surface area contributed by atoms with Crippen LogP contribution in [0.4, 0.5) is 20.6 Å². The van der Waals surface area contributed by atoms with Crippen LogP contribution in [-0.2, 0) is 25.9 Å². The number of carbonyl (C=O) groups is 3. The highest BCUT2D eigenvalue weighted by atomic mass is 32.2. The van der Waals surface area contributed by atoms with Crippen LogP contribution in [0.25, 0.3) is 0 Å². The maximum absolute atomic E-state index is 15.0. The van der Waals surface area contributed by atoms with Gasteiger partial charge in [0.25, 0.3) is 5.91 Å². The molecule has 1 unspecified atom stereocenters. The minimum absolute atomic E-state index is 0.0362. The van der Waals surface area contributed by atoms with Crippen molar-refractivity contribution in [1.29, 1.82) is 0 Å². The third kappa shape index (κ3) is 6.05. The van der Waals surface area contributed by atoms with Crippen molar-refractivity contribution < 1.29 is 36.7 Å². The van der Waals surface area contributed by atoms with Gasteiger partial charge in [0.15, 0.2) is 9.84 Å². The largest absolute Gasteiger partial charge is 0.496 e. The van der Waals surface area contributed by atoms with Crippen molar-refractivity contribution in [1.82, 2.24) is 10.2 Å². The molecule has 232 valence electrons. The second kappa shape index (κ2) is 12.2. The predicted octanol–water partition coefficient (Wildman–Crippen LogP) is 4.48. The quantitative estimate of drug-likeness (QED) is 0.333. The lowest BCUT2D eigenvalue weighted by Crippen LogP contribution is -2.38. The van der Waals surface area contributed by atoms with Gasteiger partial charge in [-0.2, -0.15) is 0 Å². The Balaban J connectivity index is 1.57. The van der Waals surface area contributed by atoms with Crippen molar-refractivity contribution in [3.63, 3.8) is 0 Å². The molecule has 1 saturated heterocycles. The molecule has 3 aromatic carbocycles. The summed E-state index contributed by atoms with van der Waals surface area (Å²) in [5, 5.41) is 8.31. The summed E-state index contributed by atoms with van der Waals surface area (Å²) in [6.45, 7) is 2.25. The number of likely N-dealkylation sites (tertiary alicyclic amines) is 1. The van der Waals surface area contributed by atoms with Crippen molar-refractivity contribution in [2.45, 2.75) is 43.3 Å². The molecule has 0 saturated carbocycles. The molecule has 5 rings (SSSR count). The number of hydrogen-bond donors (Lipinski definition) is 3. The van der Waals surface area contributed by atoms with E-state index in [4.69, 9.17) is 4.74 Å². The lowest BCUT2D eigenvalue weighted by atomic mass is 9.99. The molecule has 3 N–H and O–H groups in total. The smallest absolute Gasteiger partial charge is 0.411 e. The highest BCUT2D eigenvalue weighted by molar-refractivity contribution is 7.90. The van der Waals surface area contributed by atoms with Crippen LogP contribution in [0, 0.1) is 12.7 Å². The van der Waals surface area contributed by atoms with Gasteiger partial charge in [-0.1, -0.05) is 6.07 Å². The minimum atomic E-state index is -3.71. The molecule has 2 heterocycles. The van der Waals surface area contributed by atoms with Crippen LogP contribution < -0.4 is 20.7 Å². The van der Waals surface area contributed by atoms with Crippen molar-refractivity contribution >= 4 is 39.1 Å². The second-order valence-corrected chi connectivity index (χ2v) is 12.8. The number of aryl methyl sites for hydroxylation is 1. The summed E-state index contributed by atoms with van der Waals surface area (Å²) in [5.41, 5.74) is 2.69. The molecule has 0 radical (unpaired) electrons. The lowest BCUT2D eigenvalue weighted by molar-refractivity contribution is -0.133. The fourth-order valence-corrected chi connectivity index (χ4v) is 6.75. The third-order valence-electron chi connectivity index (χ3n) is 7.91. The van der Waals surface area contributed by atoms with Crippen LogP contribution in [-0.4, -0.2) is 58.2 Å². The first kappa shape index (κ1) is 30.8. The molecule has 11 nitrogen and oxygen atoms in total. The maximum Gasteiger partial charge on any atom is 0.411 e. The van der Waals surface area contributed by atoms with Crippen LogP contribution in [0.15, 0.2) is 53.4 Å². The van der Waals surface area contributed by atoms with E-state index in [0.717, 1.165) is 11.8 Å². The number of rotatable bonds is 8. The van der Waals surface area contributed by atoms with Gasteiger partial charge in [-0.3, -0.25) is 14.9 Å². The zero-order chi connectivity index (χ0) is 31.8. The zero-order valence-electron chi connectivity index (χ0n) is 24.7. The first-order valence-corrected chi connectivity index (χ1v) is 15.8. The fraction of sp³-hybridized carbons (Fsp3) is 0.323. The monoisotopic (exact) mass is 624 g/mol. The summed E-state index contributed by atoms with van der Waals surface area (Å²) in [5.74, 6) is -0.744. The van der Waals surface area contributed by atoms with Gasteiger partial charge in [0.2, 0.25) is 5.91 Å². The number of carbonyl (C=O) groups excluding carboxylic acids is 3. The SMILES string of the molecule is COC(=O)Nc1ccc(S(C)(=O)=O)c([C@H]2CCCN2C(=O)C(Nc2cc(F)c3c(c2)C(=O)NC3)c2ccc(OC)c(C)c2)c1. The fourth-order valence-electron chi connectivity index (χ4n) is 5.81. The summed E-state index contributed by atoms with van der Waals surface area (Å²) in [4.78, 5) is 40.3. The average Bonchev–Trinajstić information content (AvgIpc) is 3.62. The first-order chi connectivity index (χ1) is 20.9. The molecule has 2 aliphatic rings. The normalized spacial score (nSPS) is 16.6. The van der Waals surface area contributed by atoms with Gasteiger partial charge in [-0.15, -0.1) is 0 Å². The summed E-state index contributed by atoms with van der Waals surface area (Å²) in [7, 11) is -0.958. The zero-order valence-corrected chi connectivity index (χ0v) is 25.5. The van der Waals surface area contributed by atoms with Crippen molar-refractivity contribution in [3.8, 4) is 5.75 Å². The van der Waals surface area contributed by atoms with Gasteiger partial charge in [0.05, 0.1) is 25.2 Å². The van der Waals surface area contributed by atoms with E-state index in [0.29, 0.717) is 42.0 Å². The van der Waals surface area contributed by atoms with E-state index in [9.17, 15) is 27.2 Å². The average molecular weight is 625 g/mol. The highest BCUT2D eigenvalue weighted by Crippen LogP contribution is 2.40. The van der Waals surface area contributed by atoms with Crippen LogP contribution in [0.5, 0.6) is 5.75 Å².